The van der Waals surface area contributed by atoms with Gasteiger partial charge in [-0.2, -0.15) is 17.7 Å². The second-order valence-corrected chi connectivity index (χ2v) is 6.70. The quantitative estimate of drug-likeness (QED) is 0.445. The monoisotopic (exact) mass is 385 g/mol. The van der Waals surface area contributed by atoms with E-state index in [9.17, 15) is 0 Å². The van der Waals surface area contributed by atoms with Crippen molar-refractivity contribution in [3.63, 3.8) is 0 Å². The number of fused-ring (bicyclic) bond motifs is 3. The SMILES string of the molecule is [C-]1=C(c2cccc3c2C(C2C=CCC2)c2ccccc2-3)C=CC1.[Zr]. The largest absolute Gasteiger partial charge is 0.197 e. The molecule has 0 amide bonds. The van der Waals surface area contributed by atoms with E-state index < -0.39 is 0 Å². The first kappa shape index (κ1) is 16.0. The van der Waals surface area contributed by atoms with Crippen molar-refractivity contribution in [1.82, 2.24) is 0 Å². The Balaban J connectivity index is 0.00000146. The molecule has 0 fully saturated rings. The van der Waals surface area contributed by atoms with Gasteiger partial charge in [-0.1, -0.05) is 60.5 Å². The maximum Gasteiger partial charge on any atom is 0.00566 e. The van der Waals surface area contributed by atoms with E-state index in [-0.39, 0.29) is 26.2 Å². The third-order valence-corrected chi connectivity index (χ3v) is 5.47. The van der Waals surface area contributed by atoms with E-state index in [1.165, 1.54) is 46.2 Å². The Morgan fingerprint density at radius 3 is 2.50 bits per heavy atom. The molecule has 0 bridgehead atoms. The molecule has 2 aromatic carbocycles. The molecule has 2 atom stereocenters. The molecule has 3 aliphatic rings. The molecule has 0 saturated heterocycles. The smallest absolute Gasteiger partial charge is 0.00566 e. The third-order valence-electron chi connectivity index (χ3n) is 5.47. The van der Waals surface area contributed by atoms with Crippen molar-refractivity contribution in [2.24, 2.45) is 5.92 Å². The Kier molecular flexibility index (Phi) is 4.31. The van der Waals surface area contributed by atoms with E-state index in [4.69, 9.17) is 0 Å². The summed E-state index contributed by atoms with van der Waals surface area (Å²) in [4.78, 5) is 0. The molecule has 0 spiro atoms. The zero-order valence-corrected chi connectivity index (χ0v) is 16.1. The summed E-state index contributed by atoms with van der Waals surface area (Å²) in [7, 11) is 0. The summed E-state index contributed by atoms with van der Waals surface area (Å²) in [6.07, 6.45) is 16.2. The van der Waals surface area contributed by atoms with Gasteiger partial charge < -0.3 is 0 Å². The van der Waals surface area contributed by atoms with Gasteiger partial charge in [0.05, 0.1) is 0 Å². The van der Waals surface area contributed by atoms with Gasteiger partial charge in [0, 0.05) is 32.1 Å². The van der Waals surface area contributed by atoms with Crippen LogP contribution in [0.2, 0.25) is 0 Å². The minimum atomic E-state index is 0. The molecular formula is C23H19Zr-. The molecule has 0 nitrogen and oxygen atoms in total. The second kappa shape index (κ2) is 6.45. The first-order chi connectivity index (χ1) is 11.4. The minimum Gasteiger partial charge on any atom is -0.197 e. The fraction of sp³-hybridized carbons (Fsp3) is 0.217. The Labute approximate surface area is 163 Å². The Hall–Kier alpha value is -1.46. The Morgan fingerprint density at radius 1 is 0.875 bits per heavy atom. The van der Waals surface area contributed by atoms with Crippen LogP contribution in [0.4, 0.5) is 0 Å². The molecule has 1 heteroatoms. The fourth-order valence-electron chi connectivity index (χ4n) is 4.51. The van der Waals surface area contributed by atoms with Crippen molar-refractivity contribution in [3.05, 3.63) is 89.5 Å². The van der Waals surface area contributed by atoms with Crippen LogP contribution < -0.4 is 0 Å². The summed E-state index contributed by atoms with van der Waals surface area (Å²) >= 11 is 0. The summed E-state index contributed by atoms with van der Waals surface area (Å²) in [6.45, 7) is 0. The first-order valence-corrected chi connectivity index (χ1v) is 8.60. The molecule has 2 unspecified atom stereocenters. The topological polar surface area (TPSA) is 0 Å². The number of hydrogen-bond donors (Lipinski definition) is 0. The minimum absolute atomic E-state index is 0. The summed E-state index contributed by atoms with van der Waals surface area (Å²) in [5.74, 6) is 1.13. The average molecular weight is 387 g/mol. The zero-order chi connectivity index (χ0) is 15.2. The predicted octanol–water partition coefficient (Wildman–Crippen LogP) is 5.91. The fourth-order valence-corrected chi connectivity index (χ4v) is 4.51. The predicted molar refractivity (Wildman–Crippen MR) is 96.0 cm³/mol. The van der Waals surface area contributed by atoms with Gasteiger partial charge in [-0.05, 0) is 35.4 Å². The molecule has 2 aromatic rings. The molecule has 24 heavy (non-hydrogen) atoms. The zero-order valence-electron chi connectivity index (χ0n) is 13.6. The van der Waals surface area contributed by atoms with E-state index in [0.29, 0.717) is 11.8 Å². The van der Waals surface area contributed by atoms with E-state index in [1.54, 1.807) is 0 Å². The van der Waals surface area contributed by atoms with Gasteiger partial charge in [-0.15, -0.1) is 17.7 Å². The molecule has 0 radical (unpaired) electrons. The van der Waals surface area contributed by atoms with Crippen LogP contribution in [0.15, 0.2) is 66.8 Å². The summed E-state index contributed by atoms with van der Waals surface area (Å²) in [5.41, 5.74) is 8.56. The normalized spacial score (nSPS) is 22.9. The van der Waals surface area contributed by atoms with Crippen LogP contribution in [0.25, 0.3) is 16.7 Å². The standard InChI is InChI=1S/C23H19.Zr/c1-2-9-16(8-1)18-14-7-15-21-19-12-5-6-13-20(19)22(23(18)21)17-10-3-4-11-17;/h1,3,5-8,10,12-15,17,22H,2,4,11H2;/q-1;. The van der Waals surface area contributed by atoms with Gasteiger partial charge >= 0.3 is 0 Å². The van der Waals surface area contributed by atoms with Gasteiger partial charge in [0.25, 0.3) is 0 Å². The van der Waals surface area contributed by atoms with E-state index in [0.717, 1.165) is 6.42 Å². The molecule has 116 valence electrons. The number of allylic oxidation sites excluding steroid dienone is 6. The molecule has 3 aliphatic carbocycles. The van der Waals surface area contributed by atoms with Crippen LogP contribution in [-0.2, 0) is 26.2 Å². The van der Waals surface area contributed by atoms with Crippen molar-refractivity contribution in [1.29, 1.82) is 0 Å². The third kappa shape index (κ3) is 2.37. The van der Waals surface area contributed by atoms with Gasteiger partial charge in [0.1, 0.15) is 0 Å². The van der Waals surface area contributed by atoms with Crippen molar-refractivity contribution >= 4 is 5.57 Å². The first-order valence-electron chi connectivity index (χ1n) is 8.60. The Morgan fingerprint density at radius 2 is 1.71 bits per heavy atom. The number of hydrogen-bond acceptors (Lipinski definition) is 0. The van der Waals surface area contributed by atoms with Gasteiger partial charge in [0.15, 0.2) is 0 Å². The van der Waals surface area contributed by atoms with Crippen molar-refractivity contribution in [3.8, 4) is 11.1 Å². The van der Waals surface area contributed by atoms with Crippen LogP contribution in [-0.4, -0.2) is 0 Å². The van der Waals surface area contributed by atoms with Crippen molar-refractivity contribution in [2.75, 3.05) is 0 Å². The number of benzene rings is 2. The molecule has 0 heterocycles. The van der Waals surface area contributed by atoms with Crippen molar-refractivity contribution < 1.29 is 26.2 Å². The average Bonchev–Trinajstić information content (AvgIpc) is 3.33. The summed E-state index contributed by atoms with van der Waals surface area (Å²) in [6, 6.07) is 15.8. The molecule has 0 aromatic heterocycles. The molecule has 0 aliphatic heterocycles. The van der Waals surface area contributed by atoms with E-state index in [2.05, 4.69) is 72.8 Å². The molecule has 5 rings (SSSR count). The van der Waals surface area contributed by atoms with Crippen LogP contribution in [0.3, 0.4) is 0 Å². The molecular weight excluding hydrogens is 367 g/mol. The van der Waals surface area contributed by atoms with E-state index >= 15 is 0 Å². The van der Waals surface area contributed by atoms with Gasteiger partial charge in [-0.25, -0.2) is 0 Å². The van der Waals surface area contributed by atoms with Crippen LogP contribution in [0, 0.1) is 12.0 Å². The van der Waals surface area contributed by atoms with Crippen LogP contribution in [0.5, 0.6) is 0 Å². The van der Waals surface area contributed by atoms with Crippen LogP contribution in [0.1, 0.15) is 41.9 Å². The summed E-state index contributed by atoms with van der Waals surface area (Å²) < 4.78 is 0. The maximum atomic E-state index is 3.53. The van der Waals surface area contributed by atoms with Gasteiger partial charge in [-0.3, -0.25) is 0 Å². The molecule has 0 N–H and O–H groups in total. The van der Waals surface area contributed by atoms with Crippen molar-refractivity contribution in [2.45, 2.75) is 25.2 Å². The maximum absolute atomic E-state index is 3.53. The summed E-state index contributed by atoms with van der Waals surface area (Å²) in [5, 5.41) is 0. The van der Waals surface area contributed by atoms with Crippen LogP contribution >= 0.6 is 0 Å². The molecule has 0 saturated carbocycles. The van der Waals surface area contributed by atoms with E-state index in [1.807, 2.05) is 0 Å². The number of rotatable bonds is 2. The second-order valence-electron chi connectivity index (χ2n) is 6.70. The Bertz CT molecular complexity index is 869. The van der Waals surface area contributed by atoms with Gasteiger partial charge in [0.2, 0.25) is 0 Å².